The van der Waals surface area contributed by atoms with Gasteiger partial charge in [-0.1, -0.05) is 0 Å². The Morgan fingerprint density at radius 3 is 2.40 bits per heavy atom. The zero-order valence-corrected chi connectivity index (χ0v) is 12.2. The summed E-state index contributed by atoms with van der Waals surface area (Å²) in [5, 5.41) is 3.64. The zero-order valence-electron chi connectivity index (χ0n) is 12.2. The van der Waals surface area contributed by atoms with Crippen LogP contribution in [-0.4, -0.2) is 33.0 Å². The van der Waals surface area contributed by atoms with Gasteiger partial charge in [0.15, 0.2) is 0 Å². The molecule has 0 radical (unpaired) electrons. The molecule has 1 N–H and O–H groups in total. The highest BCUT2D eigenvalue weighted by molar-refractivity contribution is 5.38. The molecule has 110 valence electrons. The van der Waals surface area contributed by atoms with E-state index in [2.05, 4.69) is 17.4 Å². The van der Waals surface area contributed by atoms with E-state index in [1.54, 1.807) is 14.2 Å². The molecule has 2 unspecified atom stereocenters. The molecule has 1 saturated carbocycles. The lowest BCUT2D eigenvalue weighted by Crippen LogP contribution is -2.37. The first-order valence-electron chi connectivity index (χ1n) is 7.37. The van der Waals surface area contributed by atoms with Crippen LogP contribution in [0.4, 0.5) is 0 Å². The predicted molar refractivity (Wildman–Crippen MR) is 77.3 cm³/mol. The minimum Gasteiger partial charge on any atom is -0.497 e. The molecule has 1 aliphatic heterocycles. The molecule has 1 saturated heterocycles. The van der Waals surface area contributed by atoms with Gasteiger partial charge in [-0.2, -0.15) is 0 Å². The highest BCUT2D eigenvalue weighted by Crippen LogP contribution is 2.38. The van der Waals surface area contributed by atoms with Crippen molar-refractivity contribution in [2.75, 3.05) is 20.8 Å². The molecule has 2 atom stereocenters. The van der Waals surface area contributed by atoms with Crippen molar-refractivity contribution in [3.8, 4) is 11.5 Å². The quantitative estimate of drug-likeness (QED) is 0.866. The summed E-state index contributed by atoms with van der Waals surface area (Å²) in [6, 6.07) is 6.49. The molecular formula is C16H23NO3. The molecular weight excluding hydrogens is 254 g/mol. The van der Waals surface area contributed by atoms with Crippen LogP contribution in [0.15, 0.2) is 18.2 Å². The monoisotopic (exact) mass is 277 g/mol. The number of methoxy groups -OCH3 is 2. The van der Waals surface area contributed by atoms with Gasteiger partial charge in [-0.15, -0.1) is 0 Å². The van der Waals surface area contributed by atoms with E-state index >= 15 is 0 Å². The number of rotatable bonds is 6. The van der Waals surface area contributed by atoms with Crippen LogP contribution in [0.25, 0.3) is 0 Å². The molecule has 4 heteroatoms. The Kier molecular flexibility index (Phi) is 4.13. The molecule has 0 aromatic heterocycles. The minimum absolute atomic E-state index is 0.419. The van der Waals surface area contributed by atoms with Crippen molar-refractivity contribution in [3.05, 3.63) is 23.8 Å². The summed E-state index contributed by atoms with van der Waals surface area (Å²) in [5.74, 6) is 2.46. The highest BCUT2D eigenvalue weighted by atomic mass is 16.5. The van der Waals surface area contributed by atoms with Gasteiger partial charge in [0.05, 0.1) is 20.3 Å². The maximum absolute atomic E-state index is 5.86. The fraction of sp³-hybridized carbons (Fsp3) is 0.625. The van der Waals surface area contributed by atoms with E-state index in [1.807, 2.05) is 6.07 Å². The van der Waals surface area contributed by atoms with Crippen molar-refractivity contribution < 1.29 is 14.2 Å². The Morgan fingerprint density at radius 2 is 1.80 bits per heavy atom. The summed E-state index contributed by atoms with van der Waals surface area (Å²) >= 11 is 0. The van der Waals surface area contributed by atoms with Gasteiger partial charge in [0, 0.05) is 25.3 Å². The Morgan fingerprint density at radius 1 is 1.10 bits per heavy atom. The maximum Gasteiger partial charge on any atom is 0.122 e. The second-order valence-corrected chi connectivity index (χ2v) is 5.67. The molecule has 0 amide bonds. The SMILES string of the molecule is COc1cc(CNC2CCOC2C2CC2)cc(OC)c1. The average molecular weight is 277 g/mol. The second kappa shape index (κ2) is 6.02. The summed E-state index contributed by atoms with van der Waals surface area (Å²) in [7, 11) is 3.36. The van der Waals surface area contributed by atoms with Gasteiger partial charge < -0.3 is 19.5 Å². The zero-order chi connectivity index (χ0) is 13.9. The van der Waals surface area contributed by atoms with Crippen molar-refractivity contribution >= 4 is 0 Å². The van der Waals surface area contributed by atoms with Crippen molar-refractivity contribution in [3.63, 3.8) is 0 Å². The lowest BCUT2D eigenvalue weighted by atomic mass is 10.1. The number of hydrogen-bond acceptors (Lipinski definition) is 4. The fourth-order valence-electron chi connectivity index (χ4n) is 2.94. The van der Waals surface area contributed by atoms with Gasteiger partial charge in [-0.05, 0) is 42.9 Å². The molecule has 0 bridgehead atoms. The largest absolute Gasteiger partial charge is 0.497 e. The molecule has 3 rings (SSSR count). The van der Waals surface area contributed by atoms with E-state index in [9.17, 15) is 0 Å². The standard InChI is InChI=1S/C16H23NO3/c1-18-13-7-11(8-14(9-13)19-2)10-17-15-5-6-20-16(15)12-3-4-12/h7-9,12,15-17H,3-6,10H2,1-2H3. The Hall–Kier alpha value is -1.26. The third-order valence-electron chi connectivity index (χ3n) is 4.20. The van der Waals surface area contributed by atoms with Crippen LogP contribution < -0.4 is 14.8 Å². The molecule has 20 heavy (non-hydrogen) atoms. The maximum atomic E-state index is 5.86. The van der Waals surface area contributed by atoms with Gasteiger partial charge in [0.25, 0.3) is 0 Å². The fourth-order valence-corrected chi connectivity index (χ4v) is 2.94. The first-order valence-corrected chi connectivity index (χ1v) is 7.37. The molecule has 1 heterocycles. The first kappa shape index (κ1) is 13.7. The van der Waals surface area contributed by atoms with Gasteiger partial charge in [-0.25, -0.2) is 0 Å². The number of nitrogens with one attached hydrogen (secondary N) is 1. The molecule has 0 spiro atoms. The molecule has 1 aromatic carbocycles. The number of benzene rings is 1. The third kappa shape index (κ3) is 3.07. The van der Waals surface area contributed by atoms with Gasteiger partial charge in [-0.3, -0.25) is 0 Å². The van der Waals surface area contributed by atoms with Crippen molar-refractivity contribution in [2.45, 2.75) is 38.0 Å². The van der Waals surface area contributed by atoms with Gasteiger partial charge >= 0.3 is 0 Å². The van der Waals surface area contributed by atoms with Crippen LogP contribution in [0.5, 0.6) is 11.5 Å². The van der Waals surface area contributed by atoms with E-state index < -0.39 is 0 Å². The minimum atomic E-state index is 0.419. The summed E-state index contributed by atoms with van der Waals surface area (Å²) < 4.78 is 16.5. The van der Waals surface area contributed by atoms with Crippen LogP contribution >= 0.6 is 0 Å². The number of ether oxygens (including phenoxy) is 3. The van der Waals surface area contributed by atoms with E-state index in [0.29, 0.717) is 12.1 Å². The first-order chi connectivity index (χ1) is 9.80. The van der Waals surface area contributed by atoms with E-state index in [-0.39, 0.29) is 0 Å². The Bertz CT molecular complexity index is 437. The van der Waals surface area contributed by atoms with Gasteiger partial charge in [0.2, 0.25) is 0 Å². The Labute approximate surface area is 120 Å². The Balaban J connectivity index is 1.62. The molecule has 1 aromatic rings. The van der Waals surface area contributed by atoms with Crippen LogP contribution in [0.1, 0.15) is 24.8 Å². The topological polar surface area (TPSA) is 39.7 Å². The summed E-state index contributed by atoms with van der Waals surface area (Å²) in [4.78, 5) is 0. The lowest BCUT2D eigenvalue weighted by molar-refractivity contribution is 0.0809. The molecule has 2 fully saturated rings. The number of hydrogen-bond donors (Lipinski definition) is 1. The highest BCUT2D eigenvalue weighted by Gasteiger charge is 2.40. The van der Waals surface area contributed by atoms with E-state index in [1.165, 1.54) is 18.4 Å². The van der Waals surface area contributed by atoms with E-state index in [0.717, 1.165) is 37.0 Å². The normalized spacial score (nSPS) is 25.7. The van der Waals surface area contributed by atoms with Crippen LogP contribution in [0.3, 0.4) is 0 Å². The average Bonchev–Trinajstić information content (AvgIpc) is 3.23. The summed E-state index contributed by atoms with van der Waals surface area (Å²) in [5.41, 5.74) is 1.18. The van der Waals surface area contributed by atoms with Crippen molar-refractivity contribution in [1.82, 2.24) is 5.32 Å². The predicted octanol–water partition coefficient (Wildman–Crippen LogP) is 2.36. The third-order valence-corrected chi connectivity index (χ3v) is 4.20. The molecule has 4 nitrogen and oxygen atoms in total. The van der Waals surface area contributed by atoms with Crippen LogP contribution in [-0.2, 0) is 11.3 Å². The van der Waals surface area contributed by atoms with Gasteiger partial charge in [0.1, 0.15) is 11.5 Å². The second-order valence-electron chi connectivity index (χ2n) is 5.67. The van der Waals surface area contributed by atoms with Crippen molar-refractivity contribution in [1.29, 1.82) is 0 Å². The van der Waals surface area contributed by atoms with E-state index in [4.69, 9.17) is 14.2 Å². The summed E-state index contributed by atoms with van der Waals surface area (Å²) in [6.45, 7) is 1.71. The molecule has 2 aliphatic rings. The lowest BCUT2D eigenvalue weighted by Gasteiger charge is -2.20. The van der Waals surface area contributed by atoms with Crippen LogP contribution in [0, 0.1) is 5.92 Å². The summed E-state index contributed by atoms with van der Waals surface area (Å²) in [6.07, 6.45) is 4.19. The van der Waals surface area contributed by atoms with Crippen LogP contribution in [0.2, 0.25) is 0 Å². The molecule has 1 aliphatic carbocycles. The van der Waals surface area contributed by atoms with Crippen molar-refractivity contribution in [2.24, 2.45) is 5.92 Å². The smallest absolute Gasteiger partial charge is 0.122 e.